The summed E-state index contributed by atoms with van der Waals surface area (Å²) in [7, 11) is 0. The van der Waals surface area contributed by atoms with Gasteiger partial charge in [-0.1, -0.05) is 46.0 Å². The normalized spacial score (nSPS) is 18.6. The molecule has 2 N–H and O–H groups in total. The highest BCUT2D eigenvalue weighted by Crippen LogP contribution is 2.27. The van der Waals surface area contributed by atoms with E-state index in [1.165, 1.54) is 32.1 Å². The van der Waals surface area contributed by atoms with Crippen LogP contribution in [0, 0.1) is 11.8 Å². The lowest BCUT2D eigenvalue weighted by molar-refractivity contribution is -0.143. The molecule has 0 radical (unpaired) electrons. The summed E-state index contributed by atoms with van der Waals surface area (Å²) >= 11 is 0. The fourth-order valence-corrected chi connectivity index (χ4v) is 2.57. The number of hydrogen-bond acceptors (Lipinski definition) is 2. The summed E-state index contributed by atoms with van der Waals surface area (Å²) in [5.74, 6) is -0.495. The Labute approximate surface area is 109 Å². The number of carbonyl (C=O) groups excluding carboxylic acids is 1. The molecular formula is C14H25NO3. The lowest BCUT2D eigenvalue weighted by atomic mass is 9.86. The van der Waals surface area contributed by atoms with Crippen molar-refractivity contribution in [2.24, 2.45) is 11.8 Å². The van der Waals surface area contributed by atoms with E-state index >= 15 is 0 Å². The van der Waals surface area contributed by atoms with Gasteiger partial charge in [0.05, 0.1) is 0 Å². The molecule has 4 nitrogen and oxygen atoms in total. The zero-order chi connectivity index (χ0) is 13.5. The van der Waals surface area contributed by atoms with Gasteiger partial charge in [-0.15, -0.1) is 0 Å². The van der Waals surface area contributed by atoms with E-state index in [0.717, 1.165) is 6.42 Å². The van der Waals surface area contributed by atoms with Crippen molar-refractivity contribution >= 4 is 11.9 Å². The van der Waals surface area contributed by atoms with Crippen molar-refractivity contribution < 1.29 is 14.7 Å². The summed E-state index contributed by atoms with van der Waals surface area (Å²) in [6.45, 7) is 3.61. The van der Waals surface area contributed by atoms with E-state index in [9.17, 15) is 9.59 Å². The van der Waals surface area contributed by atoms with E-state index in [2.05, 4.69) is 5.32 Å². The van der Waals surface area contributed by atoms with Crippen LogP contribution in [-0.4, -0.2) is 23.0 Å². The molecule has 1 aliphatic carbocycles. The Kier molecular flexibility index (Phi) is 6.16. The van der Waals surface area contributed by atoms with Gasteiger partial charge in [-0.2, -0.15) is 0 Å². The molecule has 4 heteroatoms. The van der Waals surface area contributed by atoms with Gasteiger partial charge >= 0.3 is 5.97 Å². The zero-order valence-electron chi connectivity index (χ0n) is 11.4. The molecule has 1 aliphatic rings. The molecule has 1 atom stereocenters. The SMILES string of the molecule is CC(C)[C@@H](NC(=O)CCC1CCCCC1)C(=O)O. The van der Waals surface area contributed by atoms with Crippen LogP contribution in [-0.2, 0) is 9.59 Å². The monoisotopic (exact) mass is 255 g/mol. The number of aliphatic carboxylic acids is 1. The third-order valence-electron chi connectivity index (χ3n) is 3.75. The molecule has 0 spiro atoms. The molecule has 0 saturated heterocycles. The second kappa shape index (κ2) is 7.39. The summed E-state index contributed by atoms with van der Waals surface area (Å²) in [4.78, 5) is 22.7. The van der Waals surface area contributed by atoms with Crippen LogP contribution in [0.5, 0.6) is 0 Å². The summed E-state index contributed by atoms with van der Waals surface area (Å²) in [6.07, 6.45) is 7.67. The lowest BCUT2D eigenvalue weighted by Crippen LogP contribution is -2.44. The smallest absolute Gasteiger partial charge is 0.326 e. The van der Waals surface area contributed by atoms with Gasteiger partial charge in [0.25, 0.3) is 0 Å². The van der Waals surface area contributed by atoms with E-state index in [-0.39, 0.29) is 11.8 Å². The van der Waals surface area contributed by atoms with E-state index < -0.39 is 12.0 Å². The van der Waals surface area contributed by atoms with Crippen molar-refractivity contribution in [3.8, 4) is 0 Å². The molecule has 1 saturated carbocycles. The van der Waals surface area contributed by atoms with Crippen LogP contribution in [0.15, 0.2) is 0 Å². The molecule has 0 aromatic rings. The van der Waals surface area contributed by atoms with Gasteiger partial charge in [-0.05, 0) is 18.3 Å². The van der Waals surface area contributed by atoms with Gasteiger partial charge in [0.1, 0.15) is 6.04 Å². The van der Waals surface area contributed by atoms with Crippen molar-refractivity contribution in [1.82, 2.24) is 5.32 Å². The number of carboxylic acid groups (broad SMARTS) is 1. The van der Waals surface area contributed by atoms with Gasteiger partial charge < -0.3 is 10.4 Å². The average molecular weight is 255 g/mol. The van der Waals surface area contributed by atoms with Gasteiger partial charge in [0, 0.05) is 6.42 Å². The minimum Gasteiger partial charge on any atom is -0.480 e. The zero-order valence-corrected chi connectivity index (χ0v) is 11.4. The van der Waals surface area contributed by atoms with Crippen LogP contribution in [0.25, 0.3) is 0 Å². The Morgan fingerprint density at radius 2 is 1.83 bits per heavy atom. The Morgan fingerprint density at radius 3 is 2.33 bits per heavy atom. The van der Waals surface area contributed by atoms with Crippen LogP contribution >= 0.6 is 0 Å². The fraction of sp³-hybridized carbons (Fsp3) is 0.857. The summed E-state index contributed by atoms with van der Waals surface area (Å²) in [5, 5.41) is 11.6. The first-order chi connectivity index (χ1) is 8.50. The van der Waals surface area contributed by atoms with Crippen LogP contribution in [0.3, 0.4) is 0 Å². The Balaban J connectivity index is 2.29. The molecule has 0 aliphatic heterocycles. The Bertz CT molecular complexity index is 283. The summed E-state index contributed by atoms with van der Waals surface area (Å²) in [6, 6.07) is -0.760. The molecule has 0 heterocycles. The number of amides is 1. The minimum absolute atomic E-state index is 0.0823. The molecule has 0 bridgehead atoms. The minimum atomic E-state index is -0.948. The first-order valence-electron chi connectivity index (χ1n) is 7.03. The average Bonchev–Trinajstić information content (AvgIpc) is 2.34. The number of carboxylic acids is 1. The molecule has 1 fully saturated rings. The highest BCUT2D eigenvalue weighted by atomic mass is 16.4. The van der Waals surface area contributed by atoms with Crippen LogP contribution in [0.2, 0.25) is 0 Å². The quantitative estimate of drug-likeness (QED) is 0.766. The molecule has 0 aromatic heterocycles. The standard InChI is InChI=1S/C14H25NO3/c1-10(2)13(14(17)18)15-12(16)9-8-11-6-4-3-5-7-11/h10-11,13H,3-9H2,1-2H3,(H,15,16)(H,17,18)/t13-/m1/s1. The topological polar surface area (TPSA) is 66.4 Å². The number of rotatable bonds is 6. The highest BCUT2D eigenvalue weighted by molar-refractivity contribution is 5.83. The number of carbonyl (C=O) groups is 2. The first-order valence-corrected chi connectivity index (χ1v) is 7.03. The third-order valence-corrected chi connectivity index (χ3v) is 3.75. The number of nitrogens with one attached hydrogen (secondary N) is 1. The molecule has 104 valence electrons. The van der Waals surface area contributed by atoms with E-state index in [1.54, 1.807) is 13.8 Å². The van der Waals surface area contributed by atoms with Crippen molar-refractivity contribution in [1.29, 1.82) is 0 Å². The van der Waals surface area contributed by atoms with Crippen molar-refractivity contribution in [2.75, 3.05) is 0 Å². The summed E-state index contributed by atoms with van der Waals surface area (Å²) in [5.41, 5.74) is 0. The predicted octanol–water partition coefficient (Wildman–Crippen LogP) is 2.57. The van der Waals surface area contributed by atoms with E-state index in [0.29, 0.717) is 12.3 Å². The van der Waals surface area contributed by atoms with Gasteiger partial charge in [0.2, 0.25) is 5.91 Å². The molecule has 0 aromatic carbocycles. The van der Waals surface area contributed by atoms with Crippen LogP contribution < -0.4 is 5.32 Å². The second-order valence-corrected chi connectivity index (χ2v) is 5.67. The Hall–Kier alpha value is -1.06. The van der Waals surface area contributed by atoms with Gasteiger partial charge in [0.15, 0.2) is 0 Å². The van der Waals surface area contributed by atoms with Crippen LogP contribution in [0.1, 0.15) is 58.8 Å². The molecule has 0 unspecified atom stereocenters. The van der Waals surface area contributed by atoms with Crippen molar-refractivity contribution in [3.05, 3.63) is 0 Å². The summed E-state index contributed by atoms with van der Waals surface area (Å²) < 4.78 is 0. The highest BCUT2D eigenvalue weighted by Gasteiger charge is 2.23. The largest absolute Gasteiger partial charge is 0.480 e. The molecule has 18 heavy (non-hydrogen) atoms. The van der Waals surface area contributed by atoms with Crippen LogP contribution in [0.4, 0.5) is 0 Å². The second-order valence-electron chi connectivity index (χ2n) is 5.67. The predicted molar refractivity (Wildman–Crippen MR) is 70.2 cm³/mol. The van der Waals surface area contributed by atoms with E-state index in [1.807, 2.05) is 0 Å². The van der Waals surface area contributed by atoms with Crippen molar-refractivity contribution in [2.45, 2.75) is 64.8 Å². The maximum Gasteiger partial charge on any atom is 0.326 e. The Morgan fingerprint density at radius 1 is 1.22 bits per heavy atom. The fourth-order valence-electron chi connectivity index (χ4n) is 2.57. The van der Waals surface area contributed by atoms with Gasteiger partial charge in [-0.3, -0.25) is 4.79 Å². The molecular weight excluding hydrogens is 230 g/mol. The molecule has 1 amide bonds. The number of hydrogen-bond donors (Lipinski definition) is 2. The van der Waals surface area contributed by atoms with Gasteiger partial charge in [-0.25, -0.2) is 4.79 Å². The maximum atomic E-state index is 11.7. The first kappa shape index (κ1) is 15.0. The maximum absolute atomic E-state index is 11.7. The van der Waals surface area contributed by atoms with Crippen molar-refractivity contribution in [3.63, 3.8) is 0 Å². The van der Waals surface area contributed by atoms with E-state index in [4.69, 9.17) is 5.11 Å². The lowest BCUT2D eigenvalue weighted by Gasteiger charge is -2.22. The third kappa shape index (κ3) is 5.07. The molecule has 1 rings (SSSR count).